The molecule has 2 rings (SSSR count). The topological polar surface area (TPSA) is 89.5 Å². The summed E-state index contributed by atoms with van der Waals surface area (Å²) in [6.07, 6.45) is -1.17. The van der Waals surface area contributed by atoms with Gasteiger partial charge < -0.3 is 9.47 Å². The van der Waals surface area contributed by atoms with Crippen LogP contribution in [0.15, 0.2) is 30.3 Å². The van der Waals surface area contributed by atoms with E-state index in [1.807, 2.05) is 30.3 Å². The maximum absolute atomic E-state index is 11.7. The molecule has 23 heavy (non-hydrogen) atoms. The van der Waals surface area contributed by atoms with Gasteiger partial charge in [0.25, 0.3) is 0 Å². The van der Waals surface area contributed by atoms with Crippen LogP contribution in [0.4, 0.5) is 19.7 Å². The Hall–Kier alpha value is -2.61. The lowest BCUT2D eigenvalue weighted by molar-refractivity contribution is 0.167. The predicted octanol–water partition coefficient (Wildman–Crippen LogP) is 3.95. The molecule has 0 fully saturated rings. The molecule has 122 valence electrons. The smallest absolute Gasteiger partial charge is 0.413 e. The number of benzene rings is 1. The van der Waals surface area contributed by atoms with E-state index in [0.29, 0.717) is 15.8 Å². The van der Waals surface area contributed by atoms with Crippen LogP contribution in [0.5, 0.6) is 0 Å². The van der Waals surface area contributed by atoms with Crippen LogP contribution in [0.25, 0.3) is 11.3 Å². The van der Waals surface area contributed by atoms with Crippen molar-refractivity contribution in [1.82, 2.24) is 4.98 Å². The summed E-state index contributed by atoms with van der Waals surface area (Å²) in [6, 6.07) is 9.33. The Morgan fingerprint density at radius 3 is 2.26 bits per heavy atom. The average Bonchev–Trinajstić information content (AvgIpc) is 2.90. The fourth-order valence-electron chi connectivity index (χ4n) is 1.76. The van der Waals surface area contributed by atoms with Crippen LogP contribution in [0.1, 0.15) is 13.8 Å². The molecule has 1 aromatic heterocycles. The van der Waals surface area contributed by atoms with Gasteiger partial charge in [-0.1, -0.05) is 41.7 Å². The molecule has 8 heteroatoms. The summed E-state index contributed by atoms with van der Waals surface area (Å²) in [5.74, 6) is 0. The molecule has 0 saturated carbocycles. The molecule has 0 unspecified atom stereocenters. The van der Waals surface area contributed by atoms with Crippen LogP contribution in [0, 0.1) is 0 Å². The second-order valence-electron chi connectivity index (χ2n) is 4.25. The van der Waals surface area contributed by atoms with Gasteiger partial charge in [-0.2, -0.15) is 0 Å². The number of thiazole rings is 1. The Labute approximate surface area is 137 Å². The number of aromatic nitrogens is 1. The quantitative estimate of drug-likeness (QED) is 0.863. The van der Waals surface area contributed by atoms with Gasteiger partial charge in [0.15, 0.2) is 5.13 Å². The molecule has 2 N–H and O–H groups in total. The Balaban J connectivity index is 2.28. The van der Waals surface area contributed by atoms with E-state index in [4.69, 9.17) is 9.47 Å². The number of ether oxygens (including phenoxy) is 2. The maximum atomic E-state index is 11.7. The summed E-state index contributed by atoms with van der Waals surface area (Å²) in [5.41, 5.74) is 1.36. The molecular formula is C15H17N3O4S. The highest BCUT2D eigenvalue weighted by Gasteiger charge is 2.17. The fraction of sp³-hybridized carbons (Fsp3) is 0.267. The van der Waals surface area contributed by atoms with E-state index >= 15 is 0 Å². The van der Waals surface area contributed by atoms with E-state index in [9.17, 15) is 9.59 Å². The van der Waals surface area contributed by atoms with Crippen molar-refractivity contribution in [3.8, 4) is 11.3 Å². The van der Waals surface area contributed by atoms with Crippen molar-refractivity contribution in [2.75, 3.05) is 23.8 Å². The molecular weight excluding hydrogens is 318 g/mol. The first kappa shape index (κ1) is 16.8. The van der Waals surface area contributed by atoms with Crippen molar-refractivity contribution in [2.45, 2.75) is 13.8 Å². The Kier molecular flexibility index (Phi) is 5.93. The lowest BCUT2D eigenvalue weighted by atomic mass is 10.2. The largest absolute Gasteiger partial charge is 0.450 e. The highest BCUT2D eigenvalue weighted by molar-refractivity contribution is 7.20. The number of carbonyl (C=O) groups excluding carboxylic acids is 2. The predicted molar refractivity (Wildman–Crippen MR) is 88.8 cm³/mol. The van der Waals surface area contributed by atoms with E-state index in [1.54, 1.807) is 13.8 Å². The molecule has 1 aromatic carbocycles. The molecule has 0 aliphatic carbocycles. The summed E-state index contributed by atoms with van der Waals surface area (Å²) < 4.78 is 9.71. The van der Waals surface area contributed by atoms with Crippen molar-refractivity contribution >= 4 is 33.7 Å². The standard InChI is InChI=1S/C15H17N3O4S/c1-3-21-14(19)17-12-11(10-8-6-5-7-9-10)16-13(23-12)18-15(20)22-4-2/h5-9H,3-4H2,1-2H3,(H,17,19)(H,16,18,20). The molecule has 0 atom stereocenters. The zero-order valence-corrected chi connectivity index (χ0v) is 13.6. The number of hydrogen-bond donors (Lipinski definition) is 2. The lowest BCUT2D eigenvalue weighted by Gasteiger charge is -2.04. The molecule has 2 amide bonds. The Morgan fingerprint density at radius 1 is 1.04 bits per heavy atom. The van der Waals surface area contributed by atoms with Crippen molar-refractivity contribution in [3.63, 3.8) is 0 Å². The Bertz CT molecular complexity index is 673. The minimum atomic E-state index is -0.594. The van der Waals surface area contributed by atoms with Gasteiger partial charge in [-0.3, -0.25) is 10.6 Å². The third-order valence-corrected chi connectivity index (χ3v) is 3.54. The first-order valence-electron chi connectivity index (χ1n) is 7.07. The van der Waals surface area contributed by atoms with Gasteiger partial charge >= 0.3 is 12.2 Å². The maximum Gasteiger partial charge on any atom is 0.413 e. The van der Waals surface area contributed by atoms with E-state index in [1.165, 1.54) is 0 Å². The van der Waals surface area contributed by atoms with Crippen molar-refractivity contribution in [1.29, 1.82) is 0 Å². The second-order valence-corrected chi connectivity index (χ2v) is 5.25. The first-order chi connectivity index (χ1) is 11.1. The van der Waals surface area contributed by atoms with Crippen LogP contribution in [0.3, 0.4) is 0 Å². The highest BCUT2D eigenvalue weighted by Crippen LogP contribution is 2.36. The molecule has 0 saturated heterocycles. The monoisotopic (exact) mass is 335 g/mol. The van der Waals surface area contributed by atoms with Crippen molar-refractivity contribution in [3.05, 3.63) is 30.3 Å². The molecule has 1 heterocycles. The van der Waals surface area contributed by atoms with E-state index < -0.39 is 12.2 Å². The summed E-state index contributed by atoms with van der Waals surface area (Å²) in [7, 11) is 0. The van der Waals surface area contributed by atoms with Gasteiger partial charge in [-0.25, -0.2) is 14.6 Å². The number of carbonyl (C=O) groups is 2. The highest BCUT2D eigenvalue weighted by atomic mass is 32.1. The second kappa shape index (κ2) is 8.14. The number of amides is 2. The van der Waals surface area contributed by atoms with Gasteiger partial charge in [0.1, 0.15) is 10.7 Å². The van der Waals surface area contributed by atoms with Crippen LogP contribution in [-0.4, -0.2) is 30.4 Å². The number of rotatable bonds is 5. The van der Waals surface area contributed by atoms with Gasteiger partial charge in [-0.05, 0) is 13.8 Å². The summed E-state index contributed by atoms with van der Waals surface area (Å²) in [4.78, 5) is 27.5. The van der Waals surface area contributed by atoms with Gasteiger partial charge in [0.2, 0.25) is 0 Å². The van der Waals surface area contributed by atoms with Gasteiger partial charge in [0, 0.05) is 5.56 Å². The third kappa shape index (κ3) is 4.68. The van der Waals surface area contributed by atoms with Gasteiger partial charge in [0.05, 0.1) is 13.2 Å². The SMILES string of the molecule is CCOC(=O)Nc1nc(-c2ccccc2)c(NC(=O)OCC)s1. The minimum absolute atomic E-state index is 0.261. The first-order valence-corrected chi connectivity index (χ1v) is 7.89. The van der Waals surface area contributed by atoms with Crippen LogP contribution < -0.4 is 10.6 Å². The van der Waals surface area contributed by atoms with E-state index in [-0.39, 0.29) is 13.2 Å². The summed E-state index contributed by atoms with van der Waals surface area (Å²) >= 11 is 1.13. The van der Waals surface area contributed by atoms with E-state index in [0.717, 1.165) is 16.9 Å². The number of hydrogen-bond acceptors (Lipinski definition) is 6. The molecule has 0 aliphatic heterocycles. The third-order valence-electron chi connectivity index (χ3n) is 2.65. The van der Waals surface area contributed by atoms with Crippen LogP contribution in [-0.2, 0) is 9.47 Å². The zero-order valence-electron chi connectivity index (χ0n) is 12.8. The minimum Gasteiger partial charge on any atom is -0.450 e. The normalized spacial score (nSPS) is 10.0. The van der Waals surface area contributed by atoms with Gasteiger partial charge in [-0.15, -0.1) is 0 Å². The van der Waals surface area contributed by atoms with Crippen LogP contribution in [0.2, 0.25) is 0 Å². The summed E-state index contributed by atoms with van der Waals surface area (Å²) in [5, 5.41) is 5.99. The number of nitrogens with zero attached hydrogens (tertiary/aromatic N) is 1. The molecule has 7 nitrogen and oxygen atoms in total. The number of anilines is 2. The zero-order chi connectivity index (χ0) is 16.7. The Morgan fingerprint density at radius 2 is 1.65 bits per heavy atom. The van der Waals surface area contributed by atoms with Crippen molar-refractivity contribution < 1.29 is 19.1 Å². The van der Waals surface area contributed by atoms with E-state index in [2.05, 4.69) is 15.6 Å². The summed E-state index contributed by atoms with van der Waals surface area (Å²) in [6.45, 7) is 3.96. The molecule has 0 bridgehead atoms. The molecule has 0 aliphatic rings. The molecule has 0 radical (unpaired) electrons. The molecule has 0 spiro atoms. The van der Waals surface area contributed by atoms with Crippen LogP contribution >= 0.6 is 11.3 Å². The fourth-order valence-corrected chi connectivity index (χ4v) is 2.62. The molecule has 2 aromatic rings. The average molecular weight is 335 g/mol. The number of nitrogens with one attached hydrogen (secondary N) is 2. The van der Waals surface area contributed by atoms with Crippen molar-refractivity contribution in [2.24, 2.45) is 0 Å². The lowest BCUT2D eigenvalue weighted by Crippen LogP contribution is -2.13.